The minimum absolute atomic E-state index is 1.03. The lowest BCUT2D eigenvalue weighted by atomic mass is 10.1. The highest BCUT2D eigenvalue weighted by Gasteiger charge is 1.89. The SMILES string of the molecule is CCCNCCC=CCc1ccc(Br)cc1. The Hall–Kier alpha value is -0.600. The Labute approximate surface area is 107 Å². The molecular formula is C14H20BrN. The van der Waals surface area contributed by atoms with Crippen LogP contribution in [0.3, 0.4) is 0 Å². The van der Waals surface area contributed by atoms with Crippen molar-refractivity contribution >= 4 is 15.9 Å². The molecule has 16 heavy (non-hydrogen) atoms. The molecule has 1 aromatic carbocycles. The highest BCUT2D eigenvalue weighted by molar-refractivity contribution is 9.10. The molecule has 0 aliphatic rings. The molecule has 0 fully saturated rings. The molecule has 0 heterocycles. The number of hydrogen-bond donors (Lipinski definition) is 1. The molecule has 0 aliphatic heterocycles. The van der Waals surface area contributed by atoms with Crippen LogP contribution >= 0.6 is 15.9 Å². The molecule has 0 radical (unpaired) electrons. The van der Waals surface area contributed by atoms with E-state index in [9.17, 15) is 0 Å². The van der Waals surface area contributed by atoms with Crippen LogP contribution in [0.1, 0.15) is 25.3 Å². The number of hydrogen-bond acceptors (Lipinski definition) is 1. The van der Waals surface area contributed by atoms with E-state index in [0.717, 1.165) is 30.4 Å². The smallest absolute Gasteiger partial charge is 0.0175 e. The first-order chi connectivity index (χ1) is 7.83. The summed E-state index contributed by atoms with van der Waals surface area (Å²) in [6, 6.07) is 8.49. The van der Waals surface area contributed by atoms with Crippen molar-refractivity contribution in [3.05, 3.63) is 46.5 Å². The zero-order chi connectivity index (χ0) is 11.6. The van der Waals surface area contributed by atoms with E-state index in [1.807, 2.05) is 0 Å². The first kappa shape index (κ1) is 13.5. The summed E-state index contributed by atoms with van der Waals surface area (Å²) in [5.41, 5.74) is 1.36. The minimum Gasteiger partial charge on any atom is -0.316 e. The Bertz CT molecular complexity index is 303. The molecule has 0 saturated heterocycles. The topological polar surface area (TPSA) is 12.0 Å². The molecular weight excluding hydrogens is 262 g/mol. The predicted molar refractivity (Wildman–Crippen MR) is 74.8 cm³/mol. The molecule has 0 atom stereocenters. The van der Waals surface area contributed by atoms with Gasteiger partial charge in [0.05, 0.1) is 0 Å². The fourth-order valence-corrected chi connectivity index (χ4v) is 1.71. The summed E-state index contributed by atoms with van der Waals surface area (Å²) in [5, 5.41) is 3.38. The lowest BCUT2D eigenvalue weighted by molar-refractivity contribution is 0.678. The van der Waals surface area contributed by atoms with Gasteiger partial charge in [0.25, 0.3) is 0 Å². The molecule has 0 unspecified atom stereocenters. The van der Waals surface area contributed by atoms with Crippen molar-refractivity contribution < 1.29 is 0 Å². The Balaban J connectivity index is 2.14. The van der Waals surface area contributed by atoms with E-state index in [1.54, 1.807) is 0 Å². The van der Waals surface area contributed by atoms with Crippen LogP contribution in [-0.4, -0.2) is 13.1 Å². The number of benzene rings is 1. The van der Waals surface area contributed by atoms with E-state index in [1.165, 1.54) is 12.0 Å². The van der Waals surface area contributed by atoms with Crippen molar-refractivity contribution in [2.45, 2.75) is 26.2 Å². The summed E-state index contributed by atoms with van der Waals surface area (Å²) in [6.45, 7) is 4.40. The number of allylic oxidation sites excluding steroid dienone is 1. The van der Waals surface area contributed by atoms with Crippen molar-refractivity contribution in [2.24, 2.45) is 0 Å². The van der Waals surface area contributed by atoms with Gasteiger partial charge in [-0.1, -0.05) is 47.1 Å². The van der Waals surface area contributed by atoms with Gasteiger partial charge in [-0.3, -0.25) is 0 Å². The third-order valence-corrected chi connectivity index (χ3v) is 2.88. The Kier molecular flexibility index (Phi) is 7.19. The predicted octanol–water partition coefficient (Wildman–Crippen LogP) is 3.94. The molecule has 0 aliphatic carbocycles. The molecule has 88 valence electrons. The molecule has 1 rings (SSSR count). The van der Waals surface area contributed by atoms with Crippen molar-refractivity contribution in [3.8, 4) is 0 Å². The standard InChI is InChI=1S/C14H20BrN/c1-2-11-16-12-5-3-4-6-13-7-9-14(15)10-8-13/h3-4,7-10,16H,2,5-6,11-12H2,1H3. The number of rotatable bonds is 7. The van der Waals surface area contributed by atoms with Crippen molar-refractivity contribution in [1.82, 2.24) is 5.32 Å². The minimum atomic E-state index is 1.03. The van der Waals surface area contributed by atoms with Gasteiger partial charge in [0, 0.05) is 4.47 Å². The molecule has 0 amide bonds. The second-order valence-electron chi connectivity index (χ2n) is 3.84. The Morgan fingerprint density at radius 2 is 1.88 bits per heavy atom. The van der Waals surface area contributed by atoms with E-state index in [0.29, 0.717) is 0 Å². The van der Waals surface area contributed by atoms with Gasteiger partial charge in [-0.2, -0.15) is 0 Å². The fraction of sp³-hybridized carbons (Fsp3) is 0.429. The van der Waals surface area contributed by atoms with Crippen molar-refractivity contribution in [1.29, 1.82) is 0 Å². The van der Waals surface area contributed by atoms with Crippen molar-refractivity contribution in [3.63, 3.8) is 0 Å². The molecule has 0 saturated carbocycles. The van der Waals surface area contributed by atoms with Gasteiger partial charge in [-0.05, 0) is 50.0 Å². The summed E-state index contributed by atoms with van der Waals surface area (Å²) in [6.07, 6.45) is 7.86. The van der Waals surface area contributed by atoms with Crippen LogP contribution in [0, 0.1) is 0 Å². The maximum Gasteiger partial charge on any atom is 0.0175 e. The van der Waals surface area contributed by atoms with Gasteiger partial charge in [0.1, 0.15) is 0 Å². The zero-order valence-corrected chi connectivity index (χ0v) is 11.5. The van der Waals surface area contributed by atoms with E-state index >= 15 is 0 Å². The molecule has 1 nitrogen and oxygen atoms in total. The average molecular weight is 282 g/mol. The van der Waals surface area contributed by atoms with Gasteiger partial charge in [-0.25, -0.2) is 0 Å². The highest BCUT2D eigenvalue weighted by atomic mass is 79.9. The van der Waals surface area contributed by atoms with E-state index < -0.39 is 0 Å². The Morgan fingerprint density at radius 1 is 1.12 bits per heavy atom. The first-order valence-electron chi connectivity index (χ1n) is 5.93. The molecule has 0 aromatic heterocycles. The molecule has 1 aromatic rings. The van der Waals surface area contributed by atoms with Gasteiger partial charge >= 0.3 is 0 Å². The highest BCUT2D eigenvalue weighted by Crippen LogP contribution is 2.11. The normalized spacial score (nSPS) is 11.1. The summed E-state index contributed by atoms with van der Waals surface area (Å²) in [5.74, 6) is 0. The summed E-state index contributed by atoms with van der Waals surface area (Å²) < 4.78 is 1.14. The second-order valence-corrected chi connectivity index (χ2v) is 4.76. The zero-order valence-electron chi connectivity index (χ0n) is 9.88. The second kappa shape index (κ2) is 8.54. The van der Waals surface area contributed by atoms with Crippen LogP contribution in [-0.2, 0) is 6.42 Å². The van der Waals surface area contributed by atoms with E-state index in [4.69, 9.17) is 0 Å². The fourth-order valence-electron chi connectivity index (χ4n) is 1.44. The Morgan fingerprint density at radius 3 is 2.56 bits per heavy atom. The van der Waals surface area contributed by atoms with Crippen molar-refractivity contribution in [2.75, 3.05) is 13.1 Å². The van der Waals surface area contributed by atoms with E-state index in [-0.39, 0.29) is 0 Å². The largest absolute Gasteiger partial charge is 0.316 e. The summed E-state index contributed by atoms with van der Waals surface area (Å²) >= 11 is 3.44. The third kappa shape index (κ3) is 6.09. The quantitative estimate of drug-likeness (QED) is 0.590. The lowest BCUT2D eigenvalue weighted by Crippen LogP contribution is -2.14. The maximum atomic E-state index is 3.44. The third-order valence-electron chi connectivity index (χ3n) is 2.35. The van der Waals surface area contributed by atoms with Gasteiger partial charge < -0.3 is 5.32 Å². The van der Waals surface area contributed by atoms with Crippen LogP contribution in [0.4, 0.5) is 0 Å². The number of nitrogens with one attached hydrogen (secondary N) is 1. The van der Waals surface area contributed by atoms with E-state index in [2.05, 4.69) is 64.6 Å². The molecule has 1 N–H and O–H groups in total. The average Bonchev–Trinajstić information content (AvgIpc) is 2.30. The summed E-state index contributed by atoms with van der Waals surface area (Å²) in [7, 11) is 0. The monoisotopic (exact) mass is 281 g/mol. The molecule has 0 spiro atoms. The first-order valence-corrected chi connectivity index (χ1v) is 6.72. The molecule has 0 bridgehead atoms. The van der Waals surface area contributed by atoms with Crippen LogP contribution in [0.5, 0.6) is 0 Å². The van der Waals surface area contributed by atoms with Crippen LogP contribution in [0.25, 0.3) is 0 Å². The lowest BCUT2D eigenvalue weighted by Gasteiger charge is -1.99. The van der Waals surface area contributed by atoms with Gasteiger partial charge in [-0.15, -0.1) is 0 Å². The van der Waals surface area contributed by atoms with Gasteiger partial charge in [0.2, 0.25) is 0 Å². The maximum absolute atomic E-state index is 3.44. The van der Waals surface area contributed by atoms with Gasteiger partial charge in [0.15, 0.2) is 0 Å². The summed E-state index contributed by atoms with van der Waals surface area (Å²) in [4.78, 5) is 0. The molecule has 2 heteroatoms. The van der Waals surface area contributed by atoms with Crippen LogP contribution in [0.15, 0.2) is 40.9 Å². The van der Waals surface area contributed by atoms with Crippen LogP contribution < -0.4 is 5.32 Å². The van der Waals surface area contributed by atoms with Crippen LogP contribution in [0.2, 0.25) is 0 Å². The number of halogens is 1.